The van der Waals surface area contributed by atoms with E-state index in [2.05, 4.69) is 15.9 Å². The molecule has 2 rings (SSSR count). The summed E-state index contributed by atoms with van der Waals surface area (Å²) in [4.78, 5) is -0.326. The fourth-order valence-electron chi connectivity index (χ4n) is 2.01. The lowest BCUT2D eigenvalue weighted by Crippen LogP contribution is -2.31. The van der Waals surface area contributed by atoms with Gasteiger partial charge in [0.05, 0.1) is 5.69 Å². The Kier molecular flexibility index (Phi) is 4.68. The normalized spacial score (nSPS) is 11.4. The Bertz CT molecular complexity index is 745. The lowest BCUT2D eigenvalue weighted by Gasteiger charge is -2.23. The first-order chi connectivity index (χ1) is 9.86. The van der Waals surface area contributed by atoms with Crippen molar-refractivity contribution in [3.05, 3.63) is 58.3 Å². The Morgan fingerprint density at radius 3 is 2.29 bits per heavy atom. The predicted molar refractivity (Wildman–Crippen MR) is 85.5 cm³/mol. The summed E-state index contributed by atoms with van der Waals surface area (Å²) in [5.74, 6) is -0.769. The number of sulfonamides is 1. The summed E-state index contributed by atoms with van der Waals surface area (Å²) in [6.07, 6.45) is 0. The van der Waals surface area contributed by atoms with Crippen LogP contribution in [0, 0.1) is 12.7 Å². The molecule has 0 heterocycles. The van der Waals surface area contributed by atoms with Crippen LogP contribution >= 0.6 is 15.9 Å². The molecule has 0 aliphatic rings. The number of hydrogen-bond donors (Lipinski definition) is 0. The first-order valence-corrected chi connectivity index (χ1v) is 8.64. The topological polar surface area (TPSA) is 37.4 Å². The highest BCUT2D eigenvalue weighted by Gasteiger charge is 2.26. The van der Waals surface area contributed by atoms with Gasteiger partial charge in [0.2, 0.25) is 0 Å². The zero-order chi connectivity index (χ0) is 15.6. The van der Waals surface area contributed by atoms with Gasteiger partial charge in [-0.05, 0) is 44.2 Å². The van der Waals surface area contributed by atoms with Crippen LogP contribution < -0.4 is 4.31 Å². The maximum atomic E-state index is 14.0. The summed E-state index contributed by atoms with van der Waals surface area (Å²) < 4.78 is 41.0. The highest BCUT2D eigenvalue weighted by Crippen LogP contribution is 2.27. The fraction of sp³-hybridized carbons (Fsp3) is 0.200. The molecule has 6 heteroatoms. The van der Waals surface area contributed by atoms with Gasteiger partial charge in [-0.15, -0.1) is 0 Å². The third kappa shape index (κ3) is 3.27. The first-order valence-electron chi connectivity index (χ1n) is 6.40. The van der Waals surface area contributed by atoms with E-state index in [9.17, 15) is 12.8 Å². The molecule has 112 valence electrons. The van der Waals surface area contributed by atoms with Crippen molar-refractivity contribution in [3.8, 4) is 0 Å². The van der Waals surface area contributed by atoms with Crippen LogP contribution in [-0.2, 0) is 10.0 Å². The van der Waals surface area contributed by atoms with Gasteiger partial charge in [0.25, 0.3) is 10.0 Å². The van der Waals surface area contributed by atoms with E-state index in [1.165, 1.54) is 16.4 Å². The highest BCUT2D eigenvalue weighted by molar-refractivity contribution is 9.10. The third-order valence-electron chi connectivity index (χ3n) is 3.07. The molecule has 2 aromatic rings. The van der Waals surface area contributed by atoms with E-state index in [1.807, 2.05) is 19.1 Å². The molecule has 0 atom stereocenters. The van der Waals surface area contributed by atoms with Gasteiger partial charge in [-0.25, -0.2) is 12.8 Å². The van der Waals surface area contributed by atoms with Gasteiger partial charge in [0.1, 0.15) is 10.7 Å². The molecule has 21 heavy (non-hydrogen) atoms. The van der Waals surface area contributed by atoms with E-state index in [1.54, 1.807) is 19.1 Å². The number of rotatable bonds is 4. The summed E-state index contributed by atoms with van der Waals surface area (Å²) in [7, 11) is -3.93. The standard InChI is InChI=1S/C15H15BrFNO2S/c1-3-18(13-7-4-11(2)5-8-13)21(19,20)15-9-6-12(16)10-14(15)17/h4-10H,3H2,1-2H3. The van der Waals surface area contributed by atoms with Crippen LogP contribution in [0.5, 0.6) is 0 Å². The monoisotopic (exact) mass is 371 g/mol. The zero-order valence-electron chi connectivity index (χ0n) is 11.7. The Balaban J connectivity index is 2.51. The summed E-state index contributed by atoms with van der Waals surface area (Å²) in [6.45, 7) is 3.86. The van der Waals surface area contributed by atoms with Gasteiger partial charge in [-0.1, -0.05) is 33.6 Å². The average molecular weight is 372 g/mol. The fourth-order valence-corrected chi connectivity index (χ4v) is 3.86. The van der Waals surface area contributed by atoms with E-state index < -0.39 is 15.8 Å². The molecule has 3 nitrogen and oxygen atoms in total. The lowest BCUT2D eigenvalue weighted by molar-refractivity contribution is 0.564. The predicted octanol–water partition coefficient (Wildman–Crippen LogP) is 4.11. The lowest BCUT2D eigenvalue weighted by atomic mass is 10.2. The Hall–Kier alpha value is -1.40. The van der Waals surface area contributed by atoms with Crippen molar-refractivity contribution in [3.63, 3.8) is 0 Å². The van der Waals surface area contributed by atoms with Crippen LogP contribution in [0.1, 0.15) is 12.5 Å². The van der Waals surface area contributed by atoms with Gasteiger partial charge < -0.3 is 0 Å². The van der Waals surface area contributed by atoms with Gasteiger partial charge >= 0.3 is 0 Å². The third-order valence-corrected chi connectivity index (χ3v) is 5.50. The average Bonchev–Trinajstić information content (AvgIpc) is 2.41. The molecular weight excluding hydrogens is 357 g/mol. The van der Waals surface area contributed by atoms with E-state index in [-0.39, 0.29) is 11.4 Å². The van der Waals surface area contributed by atoms with Crippen LogP contribution in [-0.4, -0.2) is 15.0 Å². The summed E-state index contributed by atoms with van der Waals surface area (Å²) >= 11 is 3.12. The summed E-state index contributed by atoms with van der Waals surface area (Å²) in [5.41, 5.74) is 1.55. The molecule has 0 aromatic heterocycles. The number of hydrogen-bond acceptors (Lipinski definition) is 2. The number of aryl methyl sites for hydroxylation is 1. The van der Waals surface area contributed by atoms with Crippen molar-refractivity contribution in [1.29, 1.82) is 0 Å². The maximum Gasteiger partial charge on any atom is 0.267 e. The molecule has 0 N–H and O–H groups in total. The number of benzene rings is 2. The Labute approximate surface area is 132 Å². The van der Waals surface area contributed by atoms with E-state index in [0.29, 0.717) is 10.2 Å². The molecular formula is C15H15BrFNO2S. The molecule has 0 fully saturated rings. The molecule has 0 aliphatic carbocycles. The largest absolute Gasteiger partial charge is 0.267 e. The minimum Gasteiger partial charge on any atom is -0.267 e. The quantitative estimate of drug-likeness (QED) is 0.810. The van der Waals surface area contributed by atoms with Crippen molar-refractivity contribution >= 4 is 31.6 Å². The van der Waals surface area contributed by atoms with Gasteiger partial charge in [-0.3, -0.25) is 4.31 Å². The van der Waals surface area contributed by atoms with Gasteiger partial charge in [-0.2, -0.15) is 0 Å². The molecule has 2 aromatic carbocycles. The maximum absolute atomic E-state index is 14.0. The van der Waals surface area contributed by atoms with Crippen molar-refractivity contribution in [2.24, 2.45) is 0 Å². The molecule has 0 saturated heterocycles. The molecule has 0 amide bonds. The van der Waals surface area contributed by atoms with Gasteiger partial charge in [0.15, 0.2) is 0 Å². The summed E-state index contributed by atoms with van der Waals surface area (Å²) in [5, 5.41) is 0. The van der Waals surface area contributed by atoms with Crippen LogP contribution in [0.4, 0.5) is 10.1 Å². The highest BCUT2D eigenvalue weighted by atomic mass is 79.9. The number of nitrogens with zero attached hydrogens (tertiary/aromatic N) is 1. The SMILES string of the molecule is CCN(c1ccc(C)cc1)S(=O)(=O)c1ccc(Br)cc1F. The summed E-state index contributed by atoms with van der Waals surface area (Å²) in [6, 6.07) is 11.0. The second-order valence-electron chi connectivity index (χ2n) is 4.58. The van der Waals surface area contributed by atoms with Crippen molar-refractivity contribution < 1.29 is 12.8 Å². The molecule has 0 unspecified atom stereocenters. The molecule has 0 radical (unpaired) electrons. The minimum atomic E-state index is -3.93. The molecule has 0 spiro atoms. The zero-order valence-corrected chi connectivity index (χ0v) is 14.1. The minimum absolute atomic E-state index is 0.223. The smallest absolute Gasteiger partial charge is 0.267 e. The molecule has 0 saturated carbocycles. The van der Waals surface area contributed by atoms with Crippen molar-refractivity contribution in [2.45, 2.75) is 18.7 Å². The van der Waals surface area contributed by atoms with Gasteiger partial charge in [0, 0.05) is 11.0 Å². The van der Waals surface area contributed by atoms with Crippen molar-refractivity contribution in [2.75, 3.05) is 10.8 Å². The number of halogens is 2. The number of anilines is 1. The van der Waals surface area contributed by atoms with Crippen LogP contribution in [0.25, 0.3) is 0 Å². The van der Waals surface area contributed by atoms with E-state index >= 15 is 0 Å². The van der Waals surface area contributed by atoms with E-state index in [0.717, 1.165) is 11.6 Å². The first kappa shape index (κ1) is 16.0. The molecule has 0 bridgehead atoms. The second kappa shape index (κ2) is 6.15. The molecule has 0 aliphatic heterocycles. The van der Waals surface area contributed by atoms with Crippen molar-refractivity contribution in [1.82, 2.24) is 0 Å². The Morgan fingerprint density at radius 2 is 1.76 bits per heavy atom. The van der Waals surface area contributed by atoms with Crippen LogP contribution in [0.15, 0.2) is 51.8 Å². The second-order valence-corrected chi connectivity index (χ2v) is 7.33. The Morgan fingerprint density at radius 1 is 1.14 bits per heavy atom. The van der Waals surface area contributed by atoms with E-state index in [4.69, 9.17) is 0 Å². The van der Waals surface area contributed by atoms with Crippen LogP contribution in [0.2, 0.25) is 0 Å². The van der Waals surface area contributed by atoms with Crippen LogP contribution in [0.3, 0.4) is 0 Å².